The van der Waals surface area contributed by atoms with Crippen LogP contribution in [0.3, 0.4) is 0 Å². The first-order valence-corrected chi connectivity index (χ1v) is 11.4. The number of benzene rings is 2. The molecule has 33 heavy (non-hydrogen) atoms. The average Bonchev–Trinajstić information content (AvgIpc) is 3.41. The molecule has 0 saturated carbocycles. The third-order valence-corrected chi connectivity index (χ3v) is 6.49. The molecule has 1 atom stereocenters. The summed E-state index contributed by atoms with van der Waals surface area (Å²) in [6.45, 7) is 3.66. The molecule has 1 fully saturated rings. The Morgan fingerprint density at radius 1 is 1.06 bits per heavy atom. The zero-order chi connectivity index (χ0) is 22.9. The van der Waals surface area contributed by atoms with Crippen LogP contribution in [0, 0.1) is 0 Å². The number of anilines is 1. The minimum absolute atomic E-state index is 0.109. The minimum Gasteiger partial charge on any atom is -0.376 e. The van der Waals surface area contributed by atoms with E-state index in [2.05, 4.69) is 17.4 Å². The van der Waals surface area contributed by atoms with Crippen LogP contribution in [0.2, 0.25) is 0 Å². The first kappa shape index (κ1) is 21.4. The molecule has 3 aliphatic rings. The molecule has 2 aromatic carbocycles. The summed E-state index contributed by atoms with van der Waals surface area (Å²) in [5.41, 5.74) is 4.66. The largest absolute Gasteiger partial charge is 0.376 e. The molecule has 2 aromatic rings. The average molecular weight is 446 g/mol. The number of ether oxygens (including phenoxy) is 1. The van der Waals surface area contributed by atoms with E-state index in [1.807, 2.05) is 17.0 Å². The SMILES string of the molecule is CC(=O)Nc1ccc(C2=C(N3CCc4ccccc4C3)C(=O)N(CC3CCCO3)C2=O)cc1. The third-order valence-electron chi connectivity index (χ3n) is 6.49. The van der Waals surface area contributed by atoms with Crippen molar-refractivity contribution in [3.8, 4) is 0 Å². The highest BCUT2D eigenvalue weighted by Crippen LogP contribution is 2.35. The van der Waals surface area contributed by atoms with E-state index in [1.54, 1.807) is 24.3 Å². The van der Waals surface area contributed by atoms with Crippen molar-refractivity contribution in [2.75, 3.05) is 25.0 Å². The fourth-order valence-electron chi connectivity index (χ4n) is 4.88. The number of hydrogen-bond acceptors (Lipinski definition) is 5. The quantitative estimate of drug-likeness (QED) is 0.716. The van der Waals surface area contributed by atoms with Crippen molar-refractivity contribution in [1.82, 2.24) is 9.80 Å². The van der Waals surface area contributed by atoms with Crippen LogP contribution in [0.1, 0.15) is 36.5 Å². The lowest BCUT2D eigenvalue weighted by molar-refractivity contribution is -0.139. The number of carbonyl (C=O) groups is 3. The molecule has 0 radical (unpaired) electrons. The number of amides is 3. The van der Waals surface area contributed by atoms with Crippen LogP contribution in [0.15, 0.2) is 54.2 Å². The van der Waals surface area contributed by atoms with E-state index in [-0.39, 0.29) is 30.4 Å². The standard InChI is InChI=1S/C26H27N3O4/c1-17(30)27-21-10-8-19(9-11-21)23-24(28-13-12-18-5-2-3-6-20(18)15-28)26(32)29(25(23)31)16-22-7-4-14-33-22/h2-3,5-6,8-11,22H,4,7,12-16H2,1H3,(H,27,30). The maximum atomic E-state index is 13.6. The molecule has 3 amide bonds. The number of carbonyl (C=O) groups excluding carboxylic acids is 3. The Morgan fingerprint density at radius 2 is 1.82 bits per heavy atom. The summed E-state index contributed by atoms with van der Waals surface area (Å²) in [6, 6.07) is 15.3. The number of nitrogens with zero attached hydrogens (tertiary/aromatic N) is 2. The van der Waals surface area contributed by atoms with Gasteiger partial charge in [0.05, 0.1) is 18.2 Å². The molecule has 3 aliphatic heterocycles. The van der Waals surface area contributed by atoms with Gasteiger partial charge in [0.1, 0.15) is 5.70 Å². The summed E-state index contributed by atoms with van der Waals surface area (Å²) >= 11 is 0. The Hall–Kier alpha value is -3.45. The number of fused-ring (bicyclic) bond motifs is 1. The van der Waals surface area contributed by atoms with E-state index in [0.29, 0.717) is 42.2 Å². The molecule has 5 rings (SSSR count). The molecule has 1 saturated heterocycles. The molecular formula is C26H27N3O4. The highest BCUT2D eigenvalue weighted by molar-refractivity contribution is 6.35. The molecule has 0 spiro atoms. The van der Waals surface area contributed by atoms with Crippen LogP contribution in [0.25, 0.3) is 5.57 Å². The molecule has 0 aromatic heterocycles. The van der Waals surface area contributed by atoms with E-state index in [9.17, 15) is 14.4 Å². The molecule has 3 heterocycles. The second-order valence-electron chi connectivity index (χ2n) is 8.78. The van der Waals surface area contributed by atoms with Gasteiger partial charge >= 0.3 is 0 Å². The van der Waals surface area contributed by atoms with Crippen molar-refractivity contribution in [2.45, 2.75) is 38.8 Å². The van der Waals surface area contributed by atoms with Gasteiger partial charge < -0.3 is 15.0 Å². The Balaban J connectivity index is 1.51. The Morgan fingerprint density at radius 3 is 2.52 bits per heavy atom. The van der Waals surface area contributed by atoms with E-state index < -0.39 is 0 Å². The van der Waals surface area contributed by atoms with Crippen LogP contribution in [0.5, 0.6) is 0 Å². The van der Waals surface area contributed by atoms with Gasteiger partial charge in [0, 0.05) is 32.3 Å². The third kappa shape index (κ3) is 4.16. The second kappa shape index (κ2) is 8.83. The van der Waals surface area contributed by atoms with Crippen molar-refractivity contribution < 1.29 is 19.1 Å². The predicted molar refractivity (Wildman–Crippen MR) is 124 cm³/mol. The lowest BCUT2D eigenvalue weighted by Gasteiger charge is -2.31. The van der Waals surface area contributed by atoms with Crippen molar-refractivity contribution in [1.29, 1.82) is 0 Å². The summed E-state index contributed by atoms with van der Waals surface area (Å²) in [5, 5.41) is 2.74. The Kier molecular flexibility index (Phi) is 5.72. The first-order chi connectivity index (χ1) is 16.0. The van der Waals surface area contributed by atoms with Crippen molar-refractivity contribution in [3.05, 3.63) is 70.9 Å². The monoisotopic (exact) mass is 445 g/mol. The van der Waals surface area contributed by atoms with Crippen molar-refractivity contribution in [2.24, 2.45) is 0 Å². The molecule has 1 unspecified atom stereocenters. The Bertz CT molecular complexity index is 1130. The zero-order valence-electron chi connectivity index (χ0n) is 18.7. The fourth-order valence-corrected chi connectivity index (χ4v) is 4.88. The van der Waals surface area contributed by atoms with Gasteiger partial charge in [0.2, 0.25) is 5.91 Å². The normalized spacial score (nSPS) is 20.5. The maximum absolute atomic E-state index is 13.6. The van der Waals surface area contributed by atoms with Crippen molar-refractivity contribution >= 4 is 29.0 Å². The predicted octanol–water partition coefficient (Wildman–Crippen LogP) is 2.96. The van der Waals surface area contributed by atoms with E-state index >= 15 is 0 Å². The lowest BCUT2D eigenvalue weighted by atomic mass is 9.97. The van der Waals surface area contributed by atoms with Crippen LogP contribution >= 0.6 is 0 Å². The summed E-state index contributed by atoms with van der Waals surface area (Å²) < 4.78 is 5.71. The number of imide groups is 1. The van der Waals surface area contributed by atoms with Gasteiger partial charge in [0.25, 0.3) is 11.8 Å². The van der Waals surface area contributed by atoms with Gasteiger partial charge in [-0.25, -0.2) is 0 Å². The lowest BCUT2D eigenvalue weighted by Crippen LogP contribution is -2.40. The van der Waals surface area contributed by atoms with Crippen LogP contribution < -0.4 is 5.32 Å². The van der Waals surface area contributed by atoms with Gasteiger partial charge in [-0.15, -0.1) is 0 Å². The summed E-state index contributed by atoms with van der Waals surface area (Å²) in [6.07, 6.45) is 2.51. The zero-order valence-corrected chi connectivity index (χ0v) is 18.7. The van der Waals surface area contributed by atoms with Gasteiger partial charge in [0.15, 0.2) is 0 Å². The van der Waals surface area contributed by atoms with Gasteiger partial charge in [-0.2, -0.15) is 0 Å². The first-order valence-electron chi connectivity index (χ1n) is 11.4. The van der Waals surface area contributed by atoms with Crippen LogP contribution in [0.4, 0.5) is 5.69 Å². The highest BCUT2D eigenvalue weighted by atomic mass is 16.5. The Labute approximate surface area is 193 Å². The molecule has 170 valence electrons. The number of rotatable bonds is 5. The molecule has 0 aliphatic carbocycles. The second-order valence-corrected chi connectivity index (χ2v) is 8.78. The van der Waals surface area contributed by atoms with Gasteiger partial charge in [-0.3, -0.25) is 19.3 Å². The van der Waals surface area contributed by atoms with Gasteiger partial charge in [-0.05, 0) is 48.1 Å². The molecule has 1 N–H and O–H groups in total. The van der Waals surface area contributed by atoms with E-state index in [0.717, 1.165) is 19.3 Å². The summed E-state index contributed by atoms with van der Waals surface area (Å²) in [5.74, 6) is -0.697. The van der Waals surface area contributed by atoms with Crippen molar-refractivity contribution in [3.63, 3.8) is 0 Å². The smallest absolute Gasteiger partial charge is 0.277 e. The van der Waals surface area contributed by atoms with E-state index in [1.165, 1.54) is 23.0 Å². The van der Waals surface area contributed by atoms with E-state index in [4.69, 9.17) is 4.74 Å². The maximum Gasteiger partial charge on any atom is 0.277 e. The highest BCUT2D eigenvalue weighted by Gasteiger charge is 2.43. The molecule has 7 heteroatoms. The number of nitrogens with one attached hydrogen (secondary N) is 1. The summed E-state index contributed by atoms with van der Waals surface area (Å²) in [7, 11) is 0. The summed E-state index contributed by atoms with van der Waals surface area (Å²) in [4.78, 5) is 41.9. The molecule has 7 nitrogen and oxygen atoms in total. The molecule has 0 bridgehead atoms. The van der Waals surface area contributed by atoms with Gasteiger partial charge in [-0.1, -0.05) is 36.4 Å². The number of hydrogen-bond donors (Lipinski definition) is 1. The minimum atomic E-state index is -0.281. The van der Waals surface area contributed by atoms with Crippen LogP contribution in [-0.4, -0.2) is 53.3 Å². The van der Waals surface area contributed by atoms with Crippen LogP contribution in [-0.2, 0) is 32.1 Å². The fraction of sp³-hybridized carbons (Fsp3) is 0.346. The molecular weight excluding hydrogens is 418 g/mol. The topological polar surface area (TPSA) is 79.0 Å².